The lowest BCUT2D eigenvalue weighted by Gasteiger charge is -2.10. The van der Waals surface area contributed by atoms with Crippen LogP contribution in [0.3, 0.4) is 0 Å². The van der Waals surface area contributed by atoms with Crippen LogP contribution in [0.1, 0.15) is 55.6 Å². The smallest absolute Gasteiger partial charge is 0.309 e. The topological polar surface area (TPSA) is 39.2 Å². The van der Waals surface area contributed by atoms with Crippen molar-refractivity contribution in [3.63, 3.8) is 0 Å². The standard InChI is InChI=1S/C14H21NO2S/c1-3-10(14(16)17-2)8-13-15-12(9-18-13)11-6-4-5-7-11/h9-11H,3-8H2,1-2H3. The molecule has 100 valence electrons. The predicted octanol–water partition coefficient (Wildman–Crippen LogP) is 3.54. The molecule has 1 aromatic heterocycles. The monoisotopic (exact) mass is 267 g/mol. The molecule has 0 saturated heterocycles. The summed E-state index contributed by atoms with van der Waals surface area (Å²) < 4.78 is 4.82. The summed E-state index contributed by atoms with van der Waals surface area (Å²) in [6, 6.07) is 0. The Morgan fingerprint density at radius 1 is 1.56 bits per heavy atom. The number of hydrogen-bond donors (Lipinski definition) is 0. The first-order chi connectivity index (χ1) is 8.74. The molecule has 1 aliphatic carbocycles. The summed E-state index contributed by atoms with van der Waals surface area (Å²) in [7, 11) is 1.46. The van der Waals surface area contributed by atoms with Crippen LogP contribution < -0.4 is 0 Å². The summed E-state index contributed by atoms with van der Waals surface area (Å²) in [6.45, 7) is 2.02. The molecule has 0 aromatic carbocycles. The summed E-state index contributed by atoms with van der Waals surface area (Å²) >= 11 is 1.69. The van der Waals surface area contributed by atoms with Gasteiger partial charge in [0.25, 0.3) is 0 Å². The van der Waals surface area contributed by atoms with Gasteiger partial charge in [0.2, 0.25) is 0 Å². The minimum Gasteiger partial charge on any atom is -0.469 e. The van der Waals surface area contributed by atoms with Gasteiger partial charge in [0.05, 0.1) is 23.7 Å². The number of ether oxygens (including phenoxy) is 1. The van der Waals surface area contributed by atoms with Gasteiger partial charge in [-0.1, -0.05) is 19.8 Å². The molecule has 0 N–H and O–H groups in total. The van der Waals surface area contributed by atoms with Crippen molar-refractivity contribution >= 4 is 17.3 Å². The Morgan fingerprint density at radius 2 is 2.28 bits per heavy atom. The number of thiazole rings is 1. The van der Waals surface area contributed by atoms with Crippen molar-refractivity contribution in [1.29, 1.82) is 0 Å². The van der Waals surface area contributed by atoms with Crippen molar-refractivity contribution in [1.82, 2.24) is 4.98 Å². The fourth-order valence-corrected chi connectivity index (χ4v) is 3.56. The Labute approximate surface area is 113 Å². The second-order valence-corrected chi connectivity index (χ2v) is 5.92. The maximum Gasteiger partial charge on any atom is 0.309 e. The van der Waals surface area contributed by atoms with Gasteiger partial charge < -0.3 is 4.74 Å². The molecule has 1 aliphatic rings. The highest BCUT2D eigenvalue weighted by molar-refractivity contribution is 7.09. The van der Waals surface area contributed by atoms with E-state index in [4.69, 9.17) is 9.72 Å². The van der Waals surface area contributed by atoms with Crippen LogP contribution in [0, 0.1) is 5.92 Å². The van der Waals surface area contributed by atoms with E-state index in [0.717, 1.165) is 17.8 Å². The highest BCUT2D eigenvalue weighted by Gasteiger charge is 2.22. The molecule has 0 amide bonds. The van der Waals surface area contributed by atoms with Crippen LogP contribution in [-0.4, -0.2) is 18.1 Å². The van der Waals surface area contributed by atoms with Crippen molar-refractivity contribution < 1.29 is 9.53 Å². The van der Waals surface area contributed by atoms with Crippen molar-refractivity contribution in [2.75, 3.05) is 7.11 Å². The van der Waals surface area contributed by atoms with Gasteiger partial charge >= 0.3 is 5.97 Å². The minimum atomic E-state index is -0.116. The molecule has 1 saturated carbocycles. The molecule has 1 atom stereocenters. The molecular weight excluding hydrogens is 246 g/mol. The lowest BCUT2D eigenvalue weighted by atomic mass is 10.0. The molecule has 3 nitrogen and oxygen atoms in total. The number of rotatable bonds is 5. The summed E-state index contributed by atoms with van der Waals surface area (Å²) in [5.41, 5.74) is 1.24. The van der Waals surface area contributed by atoms with Crippen molar-refractivity contribution in [3.05, 3.63) is 16.1 Å². The number of aromatic nitrogens is 1. The van der Waals surface area contributed by atoms with E-state index >= 15 is 0 Å². The Kier molecular flexibility index (Phi) is 4.75. The summed E-state index contributed by atoms with van der Waals surface area (Å²) in [5.74, 6) is 0.501. The maximum absolute atomic E-state index is 11.6. The fraction of sp³-hybridized carbons (Fsp3) is 0.714. The maximum atomic E-state index is 11.6. The fourth-order valence-electron chi connectivity index (χ4n) is 2.60. The Morgan fingerprint density at radius 3 is 2.89 bits per heavy atom. The number of carbonyl (C=O) groups excluding carboxylic acids is 1. The minimum absolute atomic E-state index is 0.0439. The number of carbonyl (C=O) groups is 1. The van der Waals surface area contributed by atoms with E-state index in [1.54, 1.807) is 11.3 Å². The Hall–Kier alpha value is -0.900. The van der Waals surface area contributed by atoms with Crippen LogP contribution in [0.2, 0.25) is 0 Å². The Balaban J connectivity index is 1.98. The third kappa shape index (κ3) is 3.10. The molecule has 18 heavy (non-hydrogen) atoms. The van der Waals surface area contributed by atoms with Crippen molar-refractivity contribution in [2.24, 2.45) is 5.92 Å². The first-order valence-electron chi connectivity index (χ1n) is 6.76. The number of hydrogen-bond acceptors (Lipinski definition) is 4. The Bertz CT molecular complexity index is 396. The van der Waals surface area contributed by atoms with Crippen LogP contribution in [0.5, 0.6) is 0 Å². The molecule has 1 heterocycles. The average molecular weight is 267 g/mol. The number of esters is 1. The quantitative estimate of drug-likeness (QED) is 0.766. The van der Waals surface area contributed by atoms with Crippen molar-refractivity contribution in [3.8, 4) is 0 Å². The molecule has 4 heteroatoms. The van der Waals surface area contributed by atoms with E-state index in [2.05, 4.69) is 5.38 Å². The number of nitrogens with zero attached hydrogens (tertiary/aromatic N) is 1. The van der Waals surface area contributed by atoms with Gasteiger partial charge in [0.1, 0.15) is 0 Å². The van der Waals surface area contributed by atoms with E-state index in [0.29, 0.717) is 5.92 Å². The van der Waals surface area contributed by atoms with Crippen LogP contribution in [0.15, 0.2) is 5.38 Å². The third-order valence-corrected chi connectivity index (χ3v) is 4.68. The van der Waals surface area contributed by atoms with Gasteiger partial charge in [-0.25, -0.2) is 4.98 Å². The van der Waals surface area contributed by atoms with E-state index in [-0.39, 0.29) is 11.9 Å². The number of methoxy groups -OCH3 is 1. The van der Waals surface area contributed by atoms with E-state index in [1.807, 2.05) is 6.92 Å². The van der Waals surface area contributed by atoms with Crippen molar-refractivity contribution in [2.45, 2.75) is 51.4 Å². The second-order valence-electron chi connectivity index (χ2n) is 4.98. The molecule has 0 radical (unpaired) electrons. The zero-order valence-corrected chi connectivity index (χ0v) is 12.0. The second kappa shape index (κ2) is 6.32. The highest BCUT2D eigenvalue weighted by atomic mass is 32.1. The molecule has 0 spiro atoms. The van der Waals surface area contributed by atoms with Gasteiger partial charge in [-0.05, 0) is 19.3 Å². The summed E-state index contributed by atoms with van der Waals surface area (Å²) in [4.78, 5) is 16.3. The molecule has 0 aliphatic heterocycles. The normalized spacial score (nSPS) is 17.9. The molecule has 0 bridgehead atoms. The molecule has 1 unspecified atom stereocenters. The first-order valence-corrected chi connectivity index (χ1v) is 7.64. The largest absolute Gasteiger partial charge is 0.469 e. The summed E-state index contributed by atoms with van der Waals surface area (Å²) in [5, 5.41) is 3.25. The molecular formula is C14H21NO2S. The van der Waals surface area contributed by atoms with Crippen LogP contribution >= 0.6 is 11.3 Å². The molecule has 1 fully saturated rings. The van der Waals surface area contributed by atoms with Gasteiger partial charge in [0, 0.05) is 17.7 Å². The third-order valence-electron chi connectivity index (χ3n) is 3.79. The zero-order valence-electron chi connectivity index (χ0n) is 11.1. The predicted molar refractivity (Wildman–Crippen MR) is 72.8 cm³/mol. The van der Waals surface area contributed by atoms with E-state index < -0.39 is 0 Å². The van der Waals surface area contributed by atoms with Gasteiger partial charge in [0.15, 0.2) is 0 Å². The van der Waals surface area contributed by atoms with E-state index in [1.165, 1.54) is 38.5 Å². The van der Waals surface area contributed by atoms with Crippen LogP contribution in [0.25, 0.3) is 0 Å². The lowest BCUT2D eigenvalue weighted by molar-refractivity contribution is -0.145. The summed E-state index contributed by atoms with van der Waals surface area (Å²) in [6.07, 6.45) is 6.74. The van der Waals surface area contributed by atoms with Crippen LogP contribution in [-0.2, 0) is 16.0 Å². The molecule has 1 aromatic rings. The van der Waals surface area contributed by atoms with Gasteiger partial charge in [-0.15, -0.1) is 11.3 Å². The average Bonchev–Trinajstić information content (AvgIpc) is 3.05. The zero-order chi connectivity index (χ0) is 13.0. The highest BCUT2D eigenvalue weighted by Crippen LogP contribution is 2.34. The molecule has 2 rings (SSSR count). The van der Waals surface area contributed by atoms with Crippen LogP contribution in [0.4, 0.5) is 0 Å². The lowest BCUT2D eigenvalue weighted by Crippen LogP contribution is -2.17. The van der Waals surface area contributed by atoms with E-state index in [9.17, 15) is 4.79 Å². The SMILES string of the molecule is CCC(Cc1nc(C2CCCC2)cs1)C(=O)OC. The van der Waals surface area contributed by atoms with Gasteiger partial charge in [-0.3, -0.25) is 4.79 Å². The first kappa shape index (κ1) is 13.5. The van der Waals surface area contributed by atoms with Gasteiger partial charge in [-0.2, -0.15) is 0 Å².